The molecule has 1 heterocycles. The summed E-state index contributed by atoms with van der Waals surface area (Å²) in [6, 6.07) is 4.34. The predicted molar refractivity (Wildman–Crippen MR) is 55.9 cm³/mol. The van der Waals surface area contributed by atoms with E-state index < -0.39 is 0 Å². The van der Waals surface area contributed by atoms with Crippen molar-refractivity contribution in [1.82, 2.24) is 4.98 Å². The minimum Gasteiger partial charge on any atom is -0.441 e. The lowest BCUT2D eigenvalue weighted by Gasteiger charge is -2.02. The summed E-state index contributed by atoms with van der Waals surface area (Å²) in [4.78, 5) is 4.25. The molecular formula is C11H13FN2O. The largest absolute Gasteiger partial charge is 0.441 e. The van der Waals surface area contributed by atoms with Crippen LogP contribution in [0.5, 0.6) is 0 Å². The molecule has 0 bridgehead atoms. The molecule has 0 saturated heterocycles. The predicted octanol–water partition coefficient (Wildman–Crippen LogP) is 2.10. The summed E-state index contributed by atoms with van der Waals surface area (Å²) in [7, 11) is 0. The van der Waals surface area contributed by atoms with Crippen LogP contribution in [0.1, 0.15) is 12.8 Å². The molecule has 0 fully saturated rings. The van der Waals surface area contributed by atoms with Gasteiger partial charge < -0.3 is 10.2 Å². The highest BCUT2D eigenvalue weighted by Gasteiger charge is 2.09. The number of hydrogen-bond donors (Lipinski definition) is 1. The monoisotopic (exact) mass is 208 g/mol. The van der Waals surface area contributed by atoms with Crippen molar-refractivity contribution in [2.75, 3.05) is 6.54 Å². The van der Waals surface area contributed by atoms with Crippen molar-refractivity contribution in [3.8, 4) is 0 Å². The zero-order chi connectivity index (χ0) is 10.8. The van der Waals surface area contributed by atoms with Crippen LogP contribution in [-0.4, -0.2) is 11.5 Å². The fourth-order valence-electron chi connectivity index (χ4n) is 1.41. The summed E-state index contributed by atoms with van der Waals surface area (Å²) in [6.07, 6.45) is 0.687. The van der Waals surface area contributed by atoms with Crippen LogP contribution in [0.4, 0.5) is 4.39 Å². The molecular weight excluding hydrogens is 195 g/mol. The number of halogens is 1. The van der Waals surface area contributed by atoms with Gasteiger partial charge in [-0.2, -0.15) is 0 Å². The van der Waals surface area contributed by atoms with E-state index >= 15 is 0 Å². The SMILES string of the molecule is CC(CN)Cc1nc2ccc(F)cc2o1. The molecule has 1 unspecified atom stereocenters. The third-order valence-corrected chi connectivity index (χ3v) is 2.32. The summed E-state index contributed by atoms with van der Waals surface area (Å²) in [5, 5.41) is 0. The fourth-order valence-corrected chi connectivity index (χ4v) is 1.41. The van der Waals surface area contributed by atoms with Crippen LogP contribution in [0.25, 0.3) is 11.1 Å². The minimum atomic E-state index is -0.308. The highest BCUT2D eigenvalue weighted by atomic mass is 19.1. The Morgan fingerprint density at radius 1 is 1.53 bits per heavy atom. The van der Waals surface area contributed by atoms with Crippen molar-refractivity contribution < 1.29 is 8.81 Å². The maximum atomic E-state index is 12.9. The Kier molecular flexibility index (Phi) is 2.68. The Bertz CT molecular complexity index is 467. The fraction of sp³-hybridized carbons (Fsp3) is 0.364. The number of aromatic nitrogens is 1. The molecule has 1 aromatic carbocycles. The van der Waals surface area contributed by atoms with Crippen molar-refractivity contribution >= 4 is 11.1 Å². The van der Waals surface area contributed by atoms with Crippen LogP contribution in [0.2, 0.25) is 0 Å². The van der Waals surface area contributed by atoms with Gasteiger partial charge in [-0.05, 0) is 24.6 Å². The van der Waals surface area contributed by atoms with Gasteiger partial charge in [0.05, 0.1) is 0 Å². The lowest BCUT2D eigenvalue weighted by Crippen LogP contribution is -2.13. The normalized spacial score (nSPS) is 13.3. The Balaban J connectivity index is 2.30. The molecule has 0 saturated carbocycles. The van der Waals surface area contributed by atoms with E-state index in [2.05, 4.69) is 4.98 Å². The van der Waals surface area contributed by atoms with Gasteiger partial charge in [0.15, 0.2) is 11.5 Å². The van der Waals surface area contributed by atoms with Gasteiger partial charge >= 0.3 is 0 Å². The van der Waals surface area contributed by atoms with Crippen molar-refractivity contribution in [2.24, 2.45) is 11.7 Å². The molecule has 0 aliphatic heterocycles. The standard InChI is InChI=1S/C11H13FN2O/c1-7(6-13)4-11-14-9-3-2-8(12)5-10(9)15-11/h2-3,5,7H,4,6,13H2,1H3. The van der Waals surface area contributed by atoms with Gasteiger partial charge in [-0.3, -0.25) is 0 Å². The first-order valence-corrected chi connectivity index (χ1v) is 4.94. The van der Waals surface area contributed by atoms with Crippen LogP contribution in [0, 0.1) is 11.7 Å². The maximum Gasteiger partial charge on any atom is 0.195 e. The van der Waals surface area contributed by atoms with Crippen LogP contribution in [0.15, 0.2) is 22.6 Å². The molecule has 4 heteroatoms. The zero-order valence-electron chi connectivity index (χ0n) is 8.53. The van der Waals surface area contributed by atoms with Gasteiger partial charge in [-0.15, -0.1) is 0 Å². The average Bonchev–Trinajstić information content (AvgIpc) is 2.59. The van der Waals surface area contributed by atoms with Gasteiger partial charge in [0.1, 0.15) is 11.3 Å². The van der Waals surface area contributed by atoms with E-state index in [1.54, 1.807) is 6.07 Å². The quantitative estimate of drug-likeness (QED) is 0.840. The van der Waals surface area contributed by atoms with Crippen molar-refractivity contribution in [2.45, 2.75) is 13.3 Å². The lowest BCUT2D eigenvalue weighted by atomic mass is 10.1. The summed E-state index contributed by atoms with van der Waals surface area (Å²) in [5.74, 6) is 0.633. The first-order chi connectivity index (χ1) is 7.19. The highest BCUT2D eigenvalue weighted by Crippen LogP contribution is 2.18. The first kappa shape index (κ1) is 10.1. The lowest BCUT2D eigenvalue weighted by molar-refractivity contribution is 0.467. The Labute approximate surface area is 87.1 Å². The third kappa shape index (κ3) is 2.15. The molecule has 0 aliphatic carbocycles. The second-order valence-electron chi connectivity index (χ2n) is 3.76. The molecule has 0 aliphatic rings. The van der Waals surface area contributed by atoms with Crippen LogP contribution >= 0.6 is 0 Å². The third-order valence-electron chi connectivity index (χ3n) is 2.32. The van der Waals surface area contributed by atoms with Gasteiger partial charge in [0, 0.05) is 12.5 Å². The molecule has 0 radical (unpaired) electrons. The number of nitrogens with two attached hydrogens (primary N) is 1. The summed E-state index contributed by atoms with van der Waals surface area (Å²) in [6.45, 7) is 2.61. The van der Waals surface area contributed by atoms with E-state index in [0.717, 1.165) is 0 Å². The second kappa shape index (κ2) is 3.98. The van der Waals surface area contributed by atoms with Crippen molar-refractivity contribution in [3.05, 3.63) is 29.9 Å². The molecule has 0 spiro atoms. The maximum absolute atomic E-state index is 12.9. The van der Waals surface area contributed by atoms with Gasteiger partial charge in [0.2, 0.25) is 0 Å². The van der Waals surface area contributed by atoms with Gasteiger partial charge in [-0.1, -0.05) is 6.92 Å². The van der Waals surface area contributed by atoms with E-state index in [9.17, 15) is 4.39 Å². The molecule has 2 aromatic rings. The van der Waals surface area contributed by atoms with Crippen molar-refractivity contribution in [1.29, 1.82) is 0 Å². The highest BCUT2D eigenvalue weighted by molar-refractivity contribution is 5.72. The van der Waals surface area contributed by atoms with Gasteiger partial charge in [0.25, 0.3) is 0 Å². The Morgan fingerprint density at radius 3 is 3.07 bits per heavy atom. The van der Waals surface area contributed by atoms with E-state index in [4.69, 9.17) is 10.2 Å². The number of rotatable bonds is 3. The molecule has 3 nitrogen and oxygen atoms in total. The van der Waals surface area contributed by atoms with Crippen LogP contribution < -0.4 is 5.73 Å². The van der Waals surface area contributed by atoms with E-state index in [1.807, 2.05) is 6.92 Å². The number of hydrogen-bond acceptors (Lipinski definition) is 3. The minimum absolute atomic E-state index is 0.308. The zero-order valence-corrected chi connectivity index (χ0v) is 8.53. The first-order valence-electron chi connectivity index (χ1n) is 4.94. The summed E-state index contributed by atoms with van der Waals surface area (Å²) >= 11 is 0. The Morgan fingerprint density at radius 2 is 2.33 bits per heavy atom. The molecule has 1 aromatic heterocycles. The molecule has 80 valence electrons. The van der Waals surface area contributed by atoms with Crippen molar-refractivity contribution in [3.63, 3.8) is 0 Å². The van der Waals surface area contributed by atoms with E-state index in [-0.39, 0.29) is 5.82 Å². The number of fused-ring (bicyclic) bond motifs is 1. The average molecular weight is 208 g/mol. The molecule has 0 amide bonds. The van der Waals surface area contributed by atoms with E-state index in [1.165, 1.54) is 12.1 Å². The number of nitrogens with zero attached hydrogens (tertiary/aromatic N) is 1. The summed E-state index contributed by atoms with van der Waals surface area (Å²) < 4.78 is 18.3. The summed E-state index contributed by atoms with van der Waals surface area (Å²) in [5.41, 5.74) is 6.69. The number of benzene rings is 1. The number of oxazole rings is 1. The molecule has 2 N–H and O–H groups in total. The molecule has 15 heavy (non-hydrogen) atoms. The Hall–Kier alpha value is -1.42. The topological polar surface area (TPSA) is 52.0 Å². The molecule has 1 atom stereocenters. The molecule has 2 rings (SSSR count). The van der Waals surface area contributed by atoms with Crippen LogP contribution in [0.3, 0.4) is 0 Å². The second-order valence-corrected chi connectivity index (χ2v) is 3.76. The smallest absolute Gasteiger partial charge is 0.195 e. The van der Waals surface area contributed by atoms with E-state index in [0.29, 0.717) is 35.9 Å². The van der Waals surface area contributed by atoms with Gasteiger partial charge in [-0.25, -0.2) is 9.37 Å². The van der Waals surface area contributed by atoms with Crippen LogP contribution in [-0.2, 0) is 6.42 Å².